The van der Waals surface area contributed by atoms with Gasteiger partial charge in [0.1, 0.15) is 11.0 Å². The van der Waals surface area contributed by atoms with Gasteiger partial charge in [-0.3, -0.25) is 4.79 Å². The molecule has 1 aromatic carbocycles. The van der Waals surface area contributed by atoms with E-state index in [0.717, 1.165) is 36.6 Å². The van der Waals surface area contributed by atoms with E-state index in [1.807, 2.05) is 6.07 Å². The predicted molar refractivity (Wildman–Crippen MR) is 96.4 cm³/mol. The third kappa shape index (κ3) is 5.46. The van der Waals surface area contributed by atoms with Crippen molar-refractivity contribution in [1.29, 1.82) is 0 Å². The highest BCUT2D eigenvalue weighted by Crippen LogP contribution is 2.34. The van der Waals surface area contributed by atoms with Gasteiger partial charge in [0.05, 0.1) is 26.3 Å². The highest BCUT2D eigenvalue weighted by atomic mass is 35.5. The van der Waals surface area contributed by atoms with Gasteiger partial charge in [-0.15, -0.1) is 0 Å². The molecule has 2 aromatic rings. The molecule has 0 fully saturated rings. The smallest absolute Gasteiger partial charge is 0.305 e. The fourth-order valence-corrected chi connectivity index (χ4v) is 2.76. The molecule has 0 aliphatic rings. The first-order chi connectivity index (χ1) is 12.0. The van der Waals surface area contributed by atoms with E-state index in [4.69, 9.17) is 21.1 Å². The van der Waals surface area contributed by atoms with Crippen molar-refractivity contribution in [1.82, 2.24) is 9.97 Å². The van der Waals surface area contributed by atoms with Gasteiger partial charge < -0.3 is 14.2 Å². The Hall–Kier alpha value is -2.08. The van der Waals surface area contributed by atoms with Crippen molar-refractivity contribution in [3.8, 4) is 11.5 Å². The summed E-state index contributed by atoms with van der Waals surface area (Å²) in [7, 11) is 3.00. The molecule has 7 heteroatoms. The molecule has 0 atom stereocenters. The number of rotatable bonds is 9. The molecular weight excluding hydrogens is 344 g/mol. The molecule has 0 amide bonds. The predicted octanol–water partition coefficient (Wildman–Crippen LogP) is 4.10. The molecule has 0 aliphatic carbocycles. The Morgan fingerprint density at radius 2 is 1.84 bits per heavy atom. The Morgan fingerprint density at radius 3 is 2.56 bits per heavy atom. The molecule has 136 valence electrons. The first-order valence-corrected chi connectivity index (χ1v) is 8.64. The van der Waals surface area contributed by atoms with Crippen LogP contribution in [0.4, 0.5) is 0 Å². The van der Waals surface area contributed by atoms with Gasteiger partial charge in [-0.05, 0) is 25.8 Å². The summed E-state index contributed by atoms with van der Waals surface area (Å²) < 4.78 is 15.8. The number of halogens is 1. The zero-order chi connectivity index (χ0) is 18.2. The molecule has 2 rings (SSSR count). The van der Waals surface area contributed by atoms with Crippen LogP contribution < -0.4 is 9.47 Å². The number of aryl methyl sites for hydroxylation is 1. The van der Waals surface area contributed by atoms with Gasteiger partial charge in [-0.25, -0.2) is 9.97 Å². The van der Waals surface area contributed by atoms with Crippen molar-refractivity contribution in [2.45, 2.75) is 39.0 Å². The number of carbonyl (C=O) groups is 1. The zero-order valence-electron chi connectivity index (χ0n) is 14.8. The van der Waals surface area contributed by atoms with Crippen LogP contribution in [0.3, 0.4) is 0 Å². The number of methoxy groups -OCH3 is 2. The van der Waals surface area contributed by atoms with E-state index in [1.165, 1.54) is 7.11 Å². The second-order valence-corrected chi connectivity index (χ2v) is 6.03. The van der Waals surface area contributed by atoms with Crippen LogP contribution in [0.15, 0.2) is 12.1 Å². The minimum atomic E-state index is -0.159. The van der Waals surface area contributed by atoms with Crippen LogP contribution in [0.2, 0.25) is 5.15 Å². The maximum atomic E-state index is 11.0. The molecule has 6 nitrogen and oxygen atoms in total. The van der Waals surface area contributed by atoms with Gasteiger partial charge in [0.15, 0.2) is 11.5 Å². The summed E-state index contributed by atoms with van der Waals surface area (Å²) >= 11 is 6.17. The molecule has 0 saturated heterocycles. The minimum absolute atomic E-state index is 0.159. The molecule has 0 spiro atoms. The lowest BCUT2D eigenvalue weighted by molar-refractivity contribution is -0.140. The van der Waals surface area contributed by atoms with Gasteiger partial charge in [-0.1, -0.05) is 24.4 Å². The van der Waals surface area contributed by atoms with Gasteiger partial charge in [0.25, 0.3) is 0 Å². The number of unbranched alkanes of at least 4 members (excludes halogenated alkanes) is 3. The summed E-state index contributed by atoms with van der Waals surface area (Å²) in [4.78, 5) is 19.6. The molecule has 0 aliphatic heterocycles. The maximum absolute atomic E-state index is 11.0. The highest BCUT2D eigenvalue weighted by molar-refractivity contribution is 6.34. The number of carbonyl (C=O) groups excluding carboxylic acids is 1. The van der Waals surface area contributed by atoms with E-state index in [0.29, 0.717) is 35.5 Å². The van der Waals surface area contributed by atoms with E-state index in [2.05, 4.69) is 14.7 Å². The number of fused-ring (bicyclic) bond motifs is 1. The molecule has 0 bridgehead atoms. The van der Waals surface area contributed by atoms with E-state index in [-0.39, 0.29) is 5.97 Å². The van der Waals surface area contributed by atoms with Gasteiger partial charge in [0, 0.05) is 17.9 Å². The minimum Gasteiger partial charge on any atom is -0.493 e. The molecule has 1 heterocycles. The van der Waals surface area contributed by atoms with E-state index < -0.39 is 0 Å². The van der Waals surface area contributed by atoms with E-state index in [9.17, 15) is 4.79 Å². The average molecular weight is 367 g/mol. The number of ether oxygens (including phenoxy) is 3. The second-order valence-electron chi connectivity index (χ2n) is 5.67. The molecule has 0 radical (unpaired) electrons. The third-order valence-corrected chi connectivity index (χ3v) is 4.10. The van der Waals surface area contributed by atoms with E-state index in [1.54, 1.807) is 20.1 Å². The summed E-state index contributed by atoms with van der Waals surface area (Å²) in [5.74, 6) is 1.69. The quantitative estimate of drug-likeness (QED) is 0.378. The lowest BCUT2D eigenvalue weighted by atomic mass is 10.1. The summed E-state index contributed by atoms with van der Waals surface area (Å²) in [5, 5.41) is 1.14. The summed E-state index contributed by atoms with van der Waals surface area (Å²) in [6, 6.07) is 3.62. The Kier molecular flexibility index (Phi) is 7.25. The van der Waals surface area contributed by atoms with Crippen LogP contribution in [0.5, 0.6) is 11.5 Å². The fraction of sp³-hybridized carbons (Fsp3) is 0.500. The van der Waals surface area contributed by atoms with Crippen molar-refractivity contribution in [3.05, 3.63) is 23.1 Å². The normalized spacial score (nSPS) is 10.7. The van der Waals surface area contributed by atoms with Crippen LogP contribution in [0.1, 0.15) is 37.9 Å². The fourth-order valence-electron chi connectivity index (χ4n) is 2.49. The van der Waals surface area contributed by atoms with Gasteiger partial charge in [0.2, 0.25) is 0 Å². The zero-order valence-corrected chi connectivity index (χ0v) is 15.6. The van der Waals surface area contributed by atoms with Gasteiger partial charge >= 0.3 is 5.97 Å². The van der Waals surface area contributed by atoms with Crippen molar-refractivity contribution in [3.63, 3.8) is 0 Å². The third-order valence-electron chi connectivity index (χ3n) is 3.81. The molecular formula is C18H23ClN2O4. The SMILES string of the molecule is COC(=O)CCCCCCOc1cc2nc(C)nc(Cl)c2cc1OC. The maximum Gasteiger partial charge on any atom is 0.305 e. The Morgan fingerprint density at radius 1 is 1.08 bits per heavy atom. The lowest BCUT2D eigenvalue weighted by Crippen LogP contribution is -2.02. The lowest BCUT2D eigenvalue weighted by Gasteiger charge is -2.12. The van der Waals surface area contributed by atoms with Crippen LogP contribution in [-0.4, -0.2) is 36.8 Å². The topological polar surface area (TPSA) is 70.5 Å². The molecule has 25 heavy (non-hydrogen) atoms. The first kappa shape index (κ1) is 19.2. The van der Waals surface area contributed by atoms with Crippen molar-refractivity contribution >= 4 is 28.5 Å². The van der Waals surface area contributed by atoms with Crippen molar-refractivity contribution in [2.75, 3.05) is 20.8 Å². The molecule has 0 unspecified atom stereocenters. The van der Waals surface area contributed by atoms with Crippen molar-refractivity contribution < 1.29 is 19.0 Å². The number of esters is 1. The monoisotopic (exact) mass is 366 g/mol. The van der Waals surface area contributed by atoms with Crippen LogP contribution in [0, 0.1) is 6.92 Å². The Bertz CT molecular complexity index is 737. The summed E-state index contributed by atoms with van der Waals surface area (Å²) in [6.07, 6.45) is 4.15. The van der Waals surface area contributed by atoms with Gasteiger partial charge in [-0.2, -0.15) is 0 Å². The largest absolute Gasteiger partial charge is 0.493 e. The number of hydrogen-bond acceptors (Lipinski definition) is 6. The highest BCUT2D eigenvalue weighted by Gasteiger charge is 2.11. The molecule has 0 saturated carbocycles. The number of hydrogen-bond donors (Lipinski definition) is 0. The van der Waals surface area contributed by atoms with Crippen molar-refractivity contribution in [2.24, 2.45) is 0 Å². The van der Waals surface area contributed by atoms with Crippen LogP contribution >= 0.6 is 11.6 Å². The molecule has 0 N–H and O–H groups in total. The summed E-state index contributed by atoms with van der Waals surface area (Å²) in [5.41, 5.74) is 0.728. The van der Waals surface area contributed by atoms with Crippen LogP contribution in [0.25, 0.3) is 10.9 Å². The van der Waals surface area contributed by atoms with E-state index >= 15 is 0 Å². The average Bonchev–Trinajstić information content (AvgIpc) is 2.59. The Balaban J connectivity index is 1.91. The Labute approximate surface area is 152 Å². The first-order valence-electron chi connectivity index (χ1n) is 8.26. The second kappa shape index (κ2) is 9.42. The molecule has 1 aromatic heterocycles. The van der Waals surface area contributed by atoms with Crippen LogP contribution in [-0.2, 0) is 9.53 Å². The number of nitrogens with zero attached hydrogens (tertiary/aromatic N) is 2. The standard InChI is InChI=1S/C18H23ClN2O4/c1-12-20-14-11-16(15(23-2)10-13(14)18(19)21-12)25-9-7-5-4-6-8-17(22)24-3/h10-11H,4-9H2,1-3H3. The number of benzene rings is 1. The number of aromatic nitrogens is 2. The summed E-state index contributed by atoms with van der Waals surface area (Å²) in [6.45, 7) is 2.36.